The lowest BCUT2D eigenvalue weighted by atomic mass is 10.3. The van der Waals surface area contributed by atoms with E-state index in [1.165, 1.54) is 13.2 Å². The lowest BCUT2D eigenvalue weighted by molar-refractivity contribution is -0.128. The van der Waals surface area contributed by atoms with Gasteiger partial charge in [0.25, 0.3) is 0 Å². The number of carbonyl (C=O) groups excluding carboxylic acids is 3. The third-order valence-electron chi connectivity index (χ3n) is 4.70. The first-order chi connectivity index (χ1) is 14.0. The molecule has 0 aromatic carbocycles. The lowest BCUT2D eigenvalue weighted by Gasteiger charge is -2.15. The SMILES string of the molecule is CN(C(=O)Nc1ccc(Oc2ccnc(NC(=O)C3CC3)c2)cn1)C(=O)C1CC1. The maximum absolute atomic E-state index is 12.1. The topological polar surface area (TPSA) is 114 Å². The van der Waals surface area contributed by atoms with Crippen molar-refractivity contribution in [1.82, 2.24) is 14.9 Å². The molecule has 2 heterocycles. The summed E-state index contributed by atoms with van der Waals surface area (Å²) < 4.78 is 5.73. The normalized spacial score (nSPS) is 15.3. The Morgan fingerprint density at radius 3 is 2.38 bits per heavy atom. The molecule has 0 atom stereocenters. The molecule has 2 saturated carbocycles. The zero-order valence-corrected chi connectivity index (χ0v) is 15.9. The minimum atomic E-state index is -0.520. The molecule has 2 fully saturated rings. The second-order valence-corrected chi connectivity index (χ2v) is 7.22. The molecule has 2 aromatic heterocycles. The van der Waals surface area contributed by atoms with Crippen LogP contribution < -0.4 is 15.4 Å². The molecule has 2 aliphatic rings. The number of imide groups is 1. The summed E-state index contributed by atoms with van der Waals surface area (Å²) in [5.41, 5.74) is 0. The zero-order valence-electron chi connectivity index (χ0n) is 15.9. The number of anilines is 2. The van der Waals surface area contributed by atoms with Crippen LogP contribution in [0.15, 0.2) is 36.7 Å². The van der Waals surface area contributed by atoms with E-state index < -0.39 is 6.03 Å². The van der Waals surface area contributed by atoms with Crippen LogP contribution in [0.3, 0.4) is 0 Å². The summed E-state index contributed by atoms with van der Waals surface area (Å²) in [5, 5.41) is 5.35. The molecule has 0 aliphatic heterocycles. The number of hydrogen-bond acceptors (Lipinski definition) is 6. The lowest BCUT2D eigenvalue weighted by Crippen LogP contribution is -2.37. The van der Waals surface area contributed by atoms with Crippen LogP contribution in [0.25, 0.3) is 0 Å². The first-order valence-corrected chi connectivity index (χ1v) is 9.49. The number of hydrogen-bond donors (Lipinski definition) is 2. The average Bonchev–Trinajstić information content (AvgIpc) is 3.61. The Kier molecular flexibility index (Phi) is 5.11. The van der Waals surface area contributed by atoms with E-state index in [1.807, 2.05) is 0 Å². The molecule has 4 amide bonds. The number of amides is 4. The largest absolute Gasteiger partial charge is 0.456 e. The zero-order chi connectivity index (χ0) is 20.4. The third-order valence-corrected chi connectivity index (χ3v) is 4.70. The van der Waals surface area contributed by atoms with Crippen molar-refractivity contribution in [1.29, 1.82) is 0 Å². The van der Waals surface area contributed by atoms with Crippen LogP contribution in [0.5, 0.6) is 11.5 Å². The number of pyridine rings is 2. The van der Waals surface area contributed by atoms with Crippen LogP contribution in [0.1, 0.15) is 25.7 Å². The number of carbonyl (C=O) groups is 3. The predicted octanol–water partition coefficient (Wildman–Crippen LogP) is 3.02. The van der Waals surface area contributed by atoms with Gasteiger partial charge in [-0.25, -0.2) is 14.8 Å². The highest BCUT2D eigenvalue weighted by atomic mass is 16.5. The van der Waals surface area contributed by atoms with Gasteiger partial charge < -0.3 is 10.1 Å². The van der Waals surface area contributed by atoms with Crippen molar-refractivity contribution in [3.05, 3.63) is 36.7 Å². The van der Waals surface area contributed by atoms with Crippen molar-refractivity contribution in [3.63, 3.8) is 0 Å². The fourth-order valence-electron chi connectivity index (χ4n) is 2.67. The van der Waals surface area contributed by atoms with Gasteiger partial charge in [-0.1, -0.05) is 0 Å². The van der Waals surface area contributed by atoms with Crippen molar-refractivity contribution in [2.45, 2.75) is 25.7 Å². The van der Waals surface area contributed by atoms with E-state index in [1.54, 1.807) is 30.5 Å². The molecular formula is C20H21N5O4. The molecule has 150 valence electrons. The molecule has 2 aromatic rings. The fraction of sp³-hybridized carbons (Fsp3) is 0.350. The molecule has 29 heavy (non-hydrogen) atoms. The number of nitrogens with zero attached hydrogens (tertiary/aromatic N) is 3. The van der Waals surface area contributed by atoms with Crippen LogP contribution in [0.2, 0.25) is 0 Å². The maximum Gasteiger partial charge on any atom is 0.329 e. The molecule has 4 rings (SSSR count). The van der Waals surface area contributed by atoms with E-state index >= 15 is 0 Å². The van der Waals surface area contributed by atoms with Crippen molar-refractivity contribution >= 4 is 29.5 Å². The third kappa shape index (κ3) is 4.87. The number of ether oxygens (including phenoxy) is 1. The van der Waals surface area contributed by atoms with Gasteiger partial charge in [-0.15, -0.1) is 0 Å². The summed E-state index contributed by atoms with van der Waals surface area (Å²) in [4.78, 5) is 45.2. The molecule has 0 bridgehead atoms. The molecule has 9 heteroatoms. The van der Waals surface area contributed by atoms with Gasteiger partial charge in [-0.05, 0) is 43.9 Å². The summed E-state index contributed by atoms with van der Waals surface area (Å²) in [6.45, 7) is 0. The number of aromatic nitrogens is 2. The van der Waals surface area contributed by atoms with Crippen molar-refractivity contribution in [2.75, 3.05) is 17.7 Å². The van der Waals surface area contributed by atoms with Crippen LogP contribution in [-0.2, 0) is 9.59 Å². The number of nitrogens with one attached hydrogen (secondary N) is 2. The Morgan fingerprint density at radius 1 is 0.966 bits per heavy atom. The van der Waals surface area contributed by atoms with Gasteiger partial charge in [-0.2, -0.15) is 0 Å². The first-order valence-electron chi connectivity index (χ1n) is 9.49. The Bertz CT molecular complexity index is 938. The summed E-state index contributed by atoms with van der Waals surface area (Å²) in [5.74, 6) is 1.55. The van der Waals surface area contributed by atoms with Gasteiger partial charge in [0.1, 0.15) is 23.1 Å². The van der Waals surface area contributed by atoms with E-state index in [0.717, 1.165) is 30.6 Å². The smallest absolute Gasteiger partial charge is 0.329 e. The second-order valence-electron chi connectivity index (χ2n) is 7.22. The molecule has 9 nitrogen and oxygen atoms in total. The van der Waals surface area contributed by atoms with E-state index in [4.69, 9.17) is 4.74 Å². The van der Waals surface area contributed by atoms with Crippen LogP contribution in [0, 0.1) is 11.8 Å². The molecule has 0 unspecified atom stereocenters. The van der Waals surface area contributed by atoms with Crippen LogP contribution in [0.4, 0.5) is 16.4 Å². The number of rotatable bonds is 6. The quantitative estimate of drug-likeness (QED) is 0.777. The monoisotopic (exact) mass is 395 g/mol. The van der Waals surface area contributed by atoms with E-state index in [2.05, 4.69) is 20.6 Å². The predicted molar refractivity (Wildman–Crippen MR) is 104 cm³/mol. The highest BCUT2D eigenvalue weighted by Gasteiger charge is 2.34. The van der Waals surface area contributed by atoms with Gasteiger partial charge in [0.05, 0.1) is 6.20 Å². The Labute approximate surface area is 167 Å². The molecule has 2 N–H and O–H groups in total. The minimum Gasteiger partial charge on any atom is -0.456 e. The summed E-state index contributed by atoms with van der Waals surface area (Å²) in [7, 11) is 1.45. The average molecular weight is 395 g/mol. The molecule has 2 aliphatic carbocycles. The van der Waals surface area contributed by atoms with Gasteiger partial charge in [-0.3, -0.25) is 19.8 Å². The molecule has 0 radical (unpaired) electrons. The Balaban J connectivity index is 1.33. The van der Waals surface area contributed by atoms with Crippen molar-refractivity contribution in [3.8, 4) is 11.5 Å². The van der Waals surface area contributed by atoms with E-state index in [0.29, 0.717) is 23.1 Å². The van der Waals surface area contributed by atoms with Gasteiger partial charge in [0, 0.05) is 31.1 Å². The minimum absolute atomic E-state index is 0.0263. The fourth-order valence-corrected chi connectivity index (χ4v) is 2.67. The Hall–Kier alpha value is -3.49. The van der Waals surface area contributed by atoms with Crippen LogP contribution >= 0.6 is 0 Å². The summed E-state index contributed by atoms with van der Waals surface area (Å²) in [6.07, 6.45) is 6.51. The summed E-state index contributed by atoms with van der Waals surface area (Å²) in [6, 6.07) is 6.01. The van der Waals surface area contributed by atoms with Gasteiger partial charge >= 0.3 is 6.03 Å². The summed E-state index contributed by atoms with van der Waals surface area (Å²) >= 11 is 0. The highest BCUT2D eigenvalue weighted by Crippen LogP contribution is 2.31. The molecule has 0 saturated heterocycles. The van der Waals surface area contributed by atoms with Crippen LogP contribution in [-0.4, -0.2) is 39.8 Å². The van der Waals surface area contributed by atoms with Gasteiger partial charge in [0.2, 0.25) is 11.8 Å². The number of urea groups is 1. The molecule has 0 spiro atoms. The second kappa shape index (κ2) is 7.86. The van der Waals surface area contributed by atoms with Gasteiger partial charge in [0.15, 0.2) is 0 Å². The standard InChI is InChI=1S/C20H21N5O4/c1-25(19(27)13-4-5-13)20(28)24-16-7-6-15(11-22-16)29-14-8-9-21-17(10-14)23-18(26)12-2-3-12/h6-13H,2-5H2,1H3,(H,21,23,26)(H,22,24,28). The van der Waals surface area contributed by atoms with Crippen molar-refractivity contribution in [2.24, 2.45) is 11.8 Å². The first kappa shape index (κ1) is 18.9. The van der Waals surface area contributed by atoms with Crippen molar-refractivity contribution < 1.29 is 19.1 Å². The molecular weight excluding hydrogens is 374 g/mol. The van der Waals surface area contributed by atoms with E-state index in [9.17, 15) is 14.4 Å². The Morgan fingerprint density at radius 2 is 1.72 bits per heavy atom. The highest BCUT2D eigenvalue weighted by molar-refractivity contribution is 6.01. The van der Waals surface area contributed by atoms with E-state index in [-0.39, 0.29) is 23.7 Å². The maximum atomic E-state index is 12.1.